The Hall–Kier alpha value is -1.98. The number of aromatic nitrogens is 2. The maximum absolute atomic E-state index is 12.6. The van der Waals surface area contributed by atoms with Crippen molar-refractivity contribution in [1.82, 2.24) is 20.8 Å². The molecule has 0 atom stereocenters. The third kappa shape index (κ3) is 3.56. The van der Waals surface area contributed by atoms with E-state index in [0.29, 0.717) is 24.0 Å². The van der Waals surface area contributed by atoms with Gasteiger partial charge in [-0.05, 0) is 0 Å². The van der Waals surface area contributed by atoms with Crippen molar-refractivity contribution in [2.45, 2.75) is 6.18 Å². The summed E-state index contributed by atoms with van der Waals surface area (Å²) in [5.41, 5.74) is 1.82. The fraction of sp³-hybridized carbons (Fsp3) is 0.500. The number of halogens is 3. The Labute approximate surface area is 118 Å². The molecule has 1 aliphatic rings. The summed E-state index contributed by atoms with van der Waals surface area (Å²) < 4.78 is 37.8. The molecule has 0 saturated carbocycles. The van der Waals surface area contributed by atoms with Crippen molar-refractivity contribution in [1.29, 1.82) is 5.41 Å². The number of alkyl halides is 3. The van der Waals surface area contributed by atoms with Gasteiger partial charge in [0, 0.05) is 38.4 Å². The van der Waals surface area contributed by atoms with Crippen molar-refractivity contribution in [2.75, 3.05) is 36.1 Å². The number of nitrogens with one attached hydrogen (secondary N) is 3. The molecule has 2 rings (SSSR count). The molecular weight excluding hydrogens is 289 g/mol. The van der Waals surface area contributed by atoms with E-state index in [9.17, 15) is 13.2 Å². The average Bonchev–Trinajstić information content (AvgIpc) is 2.48. The average molecular weight is 304 g/mol. The monoisotopic (exact) mass is 304 g/mol. The molecule has 5 N–H and O–H groups in total. The molecule has 0 radical (unpaired) electrons. The highest BCUT2D eigenvalue weighted by Gasteiger charge is 2.39. The van der Waals surface area contributed by atoms with Crippen LogP contribution in [0.5, 0.6) is 0 Å². The van der Waals surface area contributed by atoms with Gasteiger partial charge >= 0.3 is 6.18 Å². The summed E-state index contributed by atoms with van der Waals surface area (Å²) in [5, 5.41) is 10.6. The molecule has 0 bridgehead atoms. The van der Waals surface area contributed by atoms with E-state index in [1.54, 1.807) is 0 Å². The van der Waals surface area contributed by atoms with Gasteiger partial charge in [0.05, 0.1) is 0 Å². The number of nitrogens with zero attached hydrogens (tertiary/aromatic N) is 4. The first-order valence-corrected chi connectivity index (χ1v) is 6.14. The molecular formula is C10H15F3N8. The highest BCUT2D eigenvalue weighted by atomic mass is 19.4. The lowest BCUT2D eigenvalue weighted by molar-refractivity contribution is -0.0615. The molecule has 1 aliphatic heterocycles. The molecule has 0 spiro atoms. The van der Waals surface area contributed by atoms with Crippen LogP contribution in [0.2, 0.25) is 0 Å². The van der Waals surface area contributed by atoms with E-state index >= 15 is 0 Å². The van der Waals surface area contributed by atoms with Crippen molar-refractivity contribution < 1.29 is 13.2 Å². The van der Waals surface area contributed by atoms with E-state index < -0.39 is 12.0 Å². The second kappa shape index (κ2) is 6.20. The Balaban J connectivity index is 2.24. The summed E-state index contributed by atoms with van der Waals surface area (Å²) in [4.78, 5) is 9.91. The van der Waals surface area contributed by atoms with Gasteiger partial charge in [-0.1, -0.05) is 0 Å². The smallest absolute Gasteiger partial charge is 0.338 e. The summed E-state index contributed by atoms with van der Waals surface area (Å²) in [5.74, 6) is 3.57. The lowest BCUT2D eigenvalue weighted by atomic mass is 10.4. The lowest BCUT2D eigenvalue weighted by Crippen LogP contribution is -2.52. The van der Waals surface area contributed by atoms with Gasteiger partial charge in [0.2, 0.25) is 11.8 Å². The minimum absolute atomic E-state index is 0.150. The maximum atomic E-state index is 12.6. The minimum atomic E-state index is -4.84. The molecule has 8 nitrogen and oxygen atoms in total. The van der Waals surface area contributed by atoms with E-state index in [1.165, 1.54) is 12.3 Å². The molecule has 1 fully saturated rings. The van der Waals surface area contributed by atoms with Gasteiger partial charge in [0.25, 0.3) is 0 Å². The zero-order chi connectivity index (χ0) is 15.5. The summed E-state index contributed by atoms with van der Waals surface area (Å²) in [6.07, 6.45) is -3.51. The van der Waals surface area contributed by atoms with Crippen LogP contribution in [0.15, 0.2) is 12.3 Å². The van der Waals surface area contributed by atoms with Crippen LogP contribution in [0.3, 0.4) is 0 Å². The second-order valence-corrected chi connectivity index (χ2v) is 4.26. The normalized spacial score (nSPS) is 15.9. The Morgan fingerprint density at radius 2 is 2.10 bits per heavy atom. The minimum Gasteiger partial charge on any atom is -0.338 e. The van der Waals surface area contributed by atoms with Crippen LogP contribution in [0, 0.1) is 5.41 Å². The van der Waals surface area contributed by atoms with Crippen LogP contribution in [-0.2, 0) is 0 Å². The molecule has 1 aromatic rings. The predicted molar refractivity (Wildman–Crippen MR) is 70.7 cm³/mol. The largest absolute Gasteiger partial charge is 0.450 e. The zero-order valence-electron chi connectivity index (χ0n) is 11.0. The molecule has 0 aromatic carbocycles. The number of hydrazine groups is 2. The SMILES string of the molecule is N=C(N(NN)c1ccnc(N2CCNCC2)n1)C(F)(F)F. The van der Waals surface area contributed by atoms with Crippen molar-refractivity contribution in [3.8, 4) is 0 Å². The second-order valence-electron chi connectivity index (χ2n) is 4.26. The zero-order valence-corrected chi connectivity index (χ0v) is 11.0. The Morgan fingerprint density at radius 1 is 1.43 bits per heavy atom. The standard InChI is InChI=1S/C10H15F3N8/c11-10(12,13)8(14)21(19-15)7-1-2-17-9(18-7)20-5-3-16-4-6-20/h1-2,14,16,19H,3-6,15H2. The Morgan fingerprint density at radius 3 is 2.67 bits per heavy atom. The van der Waals surface area contributed by atoms with Crippen LogP contribution in [0.25, 0.3) is 0 Å². The summed E-state index contributed by atoms with van der Waals surface area (Å²) in [6, 6.07) is 1.24. The van der Waals surface area contributed by atoms with E-state index in [0.717, 1.165) is 13.1 Å². The summed E-state index contributed by atoms with van der Waals surface area (Å²) >= 11 is 0. The number of anilines is 2. The topological polar surface area (TPSA) is 106 Å². The molecule has 1 aromatic heterocycles. The van der Waals surface area contributed by atoms with Crippen LogP contribution in [0.4, 0.5) is 24.9 Å². The molecule has 0 aliphatic carbocycles. The van der Waals surface area contributed by atoms with Gasteiger partial charge < -0.3 is 10.2 Å². The number of amidine groups is 1. The Kier molecular flexibility index (Phi) is 4.55. The molecule has 2 heterocycles. The maximum Gasteiger partial charge on any atom is 0.450 e. The first-order chi connectivity index (χ1) is 9.93. The Bertz CT molecular complexity index is 499. The van der Waals surface area contributed by atoms with E-state index in [2.05, 4.69) is 15.3 Å². The van der Waals surface area contributed by atoms with Gasteiger partial charge in [0.15, 0.2) is 5.82 Å². The summed E-state index contributed by atoms with van der Waals surface area (Å²) in [6.45, 7) is 2.78. The summed E-state index contributed by atoms with van der Waals surface area (Å²) in [7, 11) is 0. The number of nitrogens with two attached hydrogens (primary N) is 1. The fourth-order valence-corrected chi connectivity index (χ4v) is 1.85. The van der Waals surface area contributed by atoms with Crippen LogP contribution < -0.4 is 26.6 Å². The van der Waals surface area contributed by atoms with Gasteiger partial charge in [0.1, 0.15) is 0 Å². The van der Waals surface area contributed by atoms with E-state index in [1.807, 2.05) is 10.4 Å². The van der Waals surface area contributed by atoms with Crippen molar-refractivity contribution in [2.24, 2.45) is 5.84 Å². The van der Waals surface area contributed by atoms with E-state index in [4.69, 9.17) is 11.3 Å². The van der Waals surface area contributed by atoms with E-state index in [-0.39, 0.29) is 5.82 Å². The van der Waals surface area contributed by atoms with Gasteiger partial charge in [-0.15, -0.1) is 0 Å². The first-order valence-electron chi connectivity index (χ1n) is 6.14. The predicted octanol–water partition coefficient (Wildman–Crippen LogP) is -0.390. The van der Waals surface area contributed by atoms with Crippen LogP contribution in [0.1, 0.15) is 0 Å². The third-order valence-electron chi connectivity index (χ3n) is 2.88. The fourth-order valence-electron chi connectivity index (χ4n) is 1.85. The molecule has 11 heteroatoms. The number of hydrogen-bond acceptors (Lipinski definition) is 7. The molecule has 21 heavy (non-hydrogen) atoms. The van der Waals surface area contributed by atoms with Gasteiger partial charge in [-0.3, -0.25) is 11.3 Å². The third-order valence-corrected chi connectivity index (χ3v) is 2.88. The highest BCUT2D eigenvalue weighted by molar-refractivity contribution is 5.97. The van der Waals surface area contributed by atoms with Crippen molar-refractivity contribution in [3.63, 3.8) is 0 Å². The quantitative estimate of drug-likeness (QED) is 0.261. The molecule has 116 valence electrons. The van der Waals surface area contributed by atoms with Gasteiger partial charge in [-0.25, -0.2) is 9.99 Å². The molecule has 0 amide bonds. The number of hydrogen-bond donors (Lipinski definition) is 4. The van der Waals surface area contributed by atoms with Gasteiger partial charge in [-0.2, -0.15) is 23.7 Å². The number of rotatable bonds is 3. The molecule has 0 unspecified atom stereocenters. The lowest BCUT2D eigenvalue weighted by Gasteiger charge is -2.29. The van der Waals surface area contributed by atoms with Crippen LogP contribution in [-0.4, -0.2) is 48.2 Å². The van der Waals surface area contributed by atoms with Crippen molar-refractivity contribution >= 4 is 17.6 Å². The molecule has 1 saturated heterocycles. The van der Waals surface area contributed by atoms with Crippen molar-refractivity contribution in [3.05, 3.63) is 12.3 Å². The first kappa shape index (κ1) is 15.4. The number of piperazine rings is 1. The highest BCUT2D eigenvalue weighted by Crippen LogP contribution is 2.22. The van der Waals surface area contributed by atoms with Crippen LogP contribution >= 0.6 is 0 Å².